The molecule has 0 amide bonds. The van der Waals surface area contributed by atoms with E-state index in [1.165, 1.54) is 12.1 Å². The van der Waals surface area contributed by atoms with Crippen LogP contribution in [0, 0.1) is 11.7 Å². The highest BCUT2D eigenvalue weighted by Crippen LogP contribution is 2.41. The van der Waals surface area contributed by atoms with E-state index in [9.17, 15) is 9.18 Å². The number of benzene rings is 2. The molecule has 3 nitrogen and oxygen atoms in total. The minimum absolute atomic E-state index is 0.158. The molecule has 0 unspecified atom stereocenters. The summed E-state index contributed by atoms with van der Waals surface area (Å²) in [5.74, 6) is 0.206. The highest BCUT2D eigenvalue weighted by Gasteiger charge is 2.34. The maximum absolute atomic E-state index is 13.3. The van der Waals surface area contributed by atoms with Crippen LogP contribution in [-0.2, 0) is 4.79 Å². The van der Waals surface area contributed by atoms with Gasteiger partial charge in [-0.3, -0.25) is 4.79 Å². The number of Topliss-reactive ketones (excluding diaryl/α,β-unsaturated/α-hetero) is 1. The number of anilines is 2. The molecule has 0 fully saturated rings. The standard InChI is InChI=1S/C20H19FN2O/c1-12-10-17-19(18(24)11-12)20(13-6-8-14(21)9-7-13)23-16-5-3-2-4-15(16)22-17/h2-9,12,20,22-23H,10-11H2,1H3/t12-,20-/m0/s1. The van der Waals surface area contributed by atoms with Crippen LogP contribution in [0.2, 0.25) is 0 Å². The molecular weight excluding hydrogens is 303 g/mol. The van der Waals surface area contributed by atoms with E-state index in [-0.39, 0.29) is 17.6 Å². The topological polar surface area (TPSA) is 41.1 Å². The van der Waals surface area contributed by atoms with Gasteiger partial charge in [0.05, 0.1) is 17.4 Å². The Balaban J connectivity index is 1.87. The molecule has 24 heavy (non-hydrogen) atoms. The molecule has 122 valence electrons. The van der Waals surface area contributed by atoms with Crippen molar-refractivity contribution in [3.05, 3.63) is 71.2 Å². The Hall–Kier alpha value is -2.62. The number of allylic oxidation sites excluding steroid dienone is 1. The minimum Gasteiger partial charge on any atom is -0.372 e. The van der Waals surface area contributed by atoms with Gasteiger partial charge in [0.2, 0.25) is 0 Å². The van der Waals surface area contributed by atoms with Crippen molar-refractivity contribution in [2.75, 3.05) is 10.6 Å². The normalized spacial score (nSPS) is 22.8. The van der Waals surface area contributed by atoms with E-state index in [2.05, 4.69) is 17.6 Å². The van der Waals surface area contributed by atoms with Gasteiger partial charge in [0.25, 0.3) is 0 Å². The molecule has 0 radical (unpaired) electrons. The summed E-state index contributed by atoms with van der Waals surface area (Å²) >= 11 is 0. The van der Waals surface area contributed by atoms with Gasteiger partial charge in [-0.1, -0.05) is 31.2 Å². The maximum atomic E-state index is 13.3. The Bertz CT molecular complexity index is 826. The lowest BCUT2D eigenvalue weighted by Crippen LogP contribution is -2.26. The number of nitrogens with one attached hydrogen (secondary N) is 2. The number of carbonyl (C=O) groups excluding carboxylic acids is 1. The largest absolute Gasteiger partial charge is 0.372 e. The zero-order valence-corrected chi connectivity index (χ0v) is 13.5. The minimum atomic E-state index is -0.274. The second-order valence-electron chi connectivity index (χ2n) is 6.63. The Kier molecular flexibility index (Phi) is 3.60. The molecule has 4 heteroatoms. The lowest BCUT2D eigenvalue weighted by molar-refractivity contribution is -0.117. The average molecular weight is 322 g/mol. The van der Waals surface area contributed by atoms with Gasteiger partial charge < -0.3 is 10.6 Å². The Labute approximate surface area is 140 Å². The summed E-state index contributed by atoms with van der Waals surface area (Å²) < 4.78 is 13.3. The molecule has 2 aliphatic rings. The summed E-state index contributed by atoms with van der Waals surface area (Å²) in [6.07, 6.45) is 1.39. The van der Waals surface area contributed by atoms with Crippen LogP contribution in [0.5, 0.6) is 0 Å². The fourth-order valence-corrected chi connectivity index (χ4v) is 3.59. The zero-order chi connectivity index (χ0) is 16.7. The molecule has 2 aromatic carbocycles. The first kappa shape index (κ1) is 14.9. The molecular formula is C20H19FN2O. The predicted octanol–water partition coefficient (Wildman–Crippen LogP) is 4.66. The van der Waals surface area contributed by atoms with Crippen molar-refractivity contribution in [1.82, 2.24) is 0 Å². The van der Waals surface area contributed by atoms with Crippen LogP contribution in [0.15, 0.2) is 59.8 Å². The van der Waals surface area contributed by atoms with Crippen LogP contribution in [0.3, 0.4) is 0 Å². The number of carbonyl (C=O) groups is 1. The molecule has 0 aromatic heterocycles. The van der Waals surface area contributed by atoms with Crippen LogP contribution < -0.4 is 10.6 Å². The highest BCUT2D eigenvalue weighted by molar-refractivity contribution is 6.00. The highest BCUT2D eigenvalue weighted by atomic mass is 19.1. The second-order valence-corrected chi connectivity index (χ2v) is 6.63. The summed E-state index contributed by atoms with van der Waals surface area (Å²) in [4.78, 5) is 12.8. The third kappa shape index (κ3) is 2.58. The third-order valence-electron chi connectivity index (χ3n) is 4.72. The monoisotopic (exact) mass is 322 g/mol. The van der Waals surface area contributed by atoms with Crippen LogP contribution in [-0.4, -0.2) is 5.78 Å². The lowest BCUT2D eigenvalue weighted by Gasteiger charge is -2.28. The van der Waals surface area contributed by atoms with Crippen molar-refractivity contribution in [2.45, 2.75) is 25.8 Å². The third-order valence-corrected chi connectivity index (χ3v) is 4.72. The number of para-hydroxylation sites is 2. The fourth-order valence-electron chi connectivity index (χ4n) is 3.59. The molecule has 0 saturated carbocycles. The second kappa shape index (κ2) is 5.78. The molecule has 2 aromatic rings. The van der Waals surface area contributed by atoms with Crippen LogP contribution in [0.25, 0.3) is 0 Å². The molecule has 0 spiro atoms. The van der Waals surface area contributed by atoms with Crippen molar-refractivity contribution in [2.24, 2.45) is 5.92 Å². The summed E-state index contributed by atoms with van der Waals surface area (Å²) in [6, 6.07) is 14.0. The summed E-state index contributed by atoms with van der Waals surface area (Å²) in [5.41, 5.74) is 4.56. The molecule has 0 bridgehead atoms. The predicted molar refractivity (Wildman–Crippen MR) is 93.3 cm³/mol. The van der Waals surface area contributed by atoms with E-state index in [1.807, 2.05) is 24.3 Å². The molecule has 2 atom stereocenters. The van der Waals surface area contributed by atoms with E-state index in [4.69, 9.17) is 0 Å². The number of hydrogen-bond donors (Lipinski definition) is 2. The van der Waals surface area contributed by atoms with E-state index in [0.29, 0.717) is 12.3 Å². The Morgan fingerprint density at radius 1 is 1.00 bits per heavy atom. The van der Waals surface area contributed by atoms with E-state index in [0.717, 1.165) is 34.6 Å². The maximum Gasteiger partial charge on any atom is 0.163 e. The van der Waals surface area contributed by atoms with Crippen molar-refractivity contribution < 1.29 is 9.18 Å². The molecule has 4 rings (SSSR count). The smallest absolute Gasteiger partial charge is 0.163 e. The lowest BCUT2D eigenvalue weighted by atomic mass is 9.82. The Morgan fingerprint density at radius 2 is 1.71 bits per heavy atom. The number of hydrogen-bond acceptors (Lipinski definition) is 3. The summed E-state index contributed by atoms with van der Waals surface area (Å²) in [5, 5.41) is 6.93. The first-order valence-electron chi connectivity index (χ1n) is 8.26. The van der Waals surface area contributed by atoms with E-state index < -0.39 is 0 Å². The van der Waals surface area contributed by atoms with Crippen molar-refractivity contribution in [3.63, 3.8) is 0 Å². The number of halogens is 1. The van der Waals surface area contributed by atoms with Gasteiger partial charge in [-0.25, -0.2) is 4.39 Å². The van der Waals surface area contributed by atoms with Gasteiger partial charge in [0.15, 0.2) is 5.78 Å². The van der Waals surface area contributed by atoms with Gasteiger partial charge >= 0.3 is 0 Å². The van der Waals surface area contributed by atoms with E-state index in [1.54, 1.807) is 12.1 Å². The molecule has 1 aliphatic heterocycles. The zero-order valence-electron chi connectivity index (χ0n) is 13.5. The quantitative estimate of drug-likeness (QED) is 0.802. The van der Waals surface area contributed by atoms with Gasteiger partial charge in [-0.05, 0) is 42.2 Å². The summed E-state index contributed by atoms with van der Waals surface area (Å²) in [6.45, 7) is 2.10. The Morgan fingerprint density at radius 3 is 2.46 bits per heavy atom. The van der Waals surface area contributed by atoms with Crippen molar-refractivity contribution in [1.29, 1.82) is 0 Å². The molecule has 2 N–H and O–H groups in total. The van der Waals surface area contributed by atoms with E-state index >= 15 is 0 Å². The average Bonchev–Trinajstić information content (AvgIpc) is 2.72. The van der Waals surface area contributed by atoms with Crippen molar-refractivity contribution in [3.8, 4) is 0 Å². The molecule has 0 saturated heterocycles. The molecule has 1 heterocycles. The number of ketones is 1. The first-order chi connectivity index (χ1) is 11.6. The number of rotatable bonds is 1. The van der Waals surface area contributed by atoms with Crippen LogP contribution in [0.1, 0.15) is 31.4 Å². The fraction of sp³-hybridized carbons (Fsp3) is 0.250. The molecule has 1 aliphatic carbocycles. The summed E-state index contributed by atoms with van der Waals surface area (Å²) in [7, 11) is 0. The first-order valence-corrected chi connectivity index (χ1v) is 8.26. The van der Waals surface area contributed by atoms with Crippen LogP contribution in [0.4, 0.5) is 15.8 Å². The van der Waals surface area contributed by atoms with Gasteiger partial charge in [0.1, 0.15) is 5.82 Å². The van der Waals surface area contributed by atoms with Gasteiger partial charge in [0, 0.05) is 17.7 Å². The van der Waals surface area contributed by atoms with Crippen LogP contribution >= 0.6 is 0 Å². The SMILES string of the molecule is C[C@@H]1CC(=O)C2=C(C1)Nc1ccccc1N[C@H]2c1ccc(F)cc1. The number of fused-ring (bicyclic) bond motifs is 1. The van der Waals surface area contributed by atoms with Gasteiger partial charge in [-0.15, -0.1) is 0 Å². The van der Waals surface area contributed by atoms with Gasteiger partial charge in [-0.2, -0.15) is 0 Å². The van der Waals surface area contributed by atoms with Crippen molar-refractivity contribution >= 4 is 17.2 Å².